The van der Waals surface area contributed by atoms with Gasteiger partial charge in [-0.2, -0.15) is 0 Å². The predicted octanol–water partition coefficient (Wildman–Crippen LogP) is 3.79. The Bertz CT molecular complexity index is 254. The lowest BCUT2D eigenvalue weighted by molar-refractivity contribution is 0.0618. The van der Waals surface area contributed by atoms with Crippen LogP contribution in [0.5, 0.6) is 0 Å². The van der Waals surface area contributed by atoms with Gasteiger partial charge in [0, 0.05) is 24.3 Å². The van der Waals surface area contributed by atoms with Gasteiger partial charge in [0.05, 0.1) is 0 Å². The van der Waals surface area contributed by atoms with Crippen LogP contribution in [-0.2, 0) is 4.74 Å². The van der Waals surface area contributed by atoms with Gasteiger partial charge in [-0.25, -0.2) is 0 Å². The Morgan fingerprint density at radius 1 is 0.556 bits per heavy atom. The molecule has 0 aromatic rings. The zero-order valence-electron chi connectivity index (χ0n) is 11.8. The highest BCUT2D eigenvalue weighted by Crippen LogP contribution is 2.42. The van der Waals surface area contributed by atoms with Gasteiger partial charge in [0.2, 0.25) is 0 Å². The maximum atomic E-state index is 5.84. The molecule has 0 radical (unpaired) electrons. The van der Waals surface area contributed by atoms with E-state index >= 15 is 0 Å². The molecule has 2 heteroatoms. The molecule has 3 heterocycles. The van der Waals surface area contributed by atoms with Crippen LogP contribution in [0.2, 0.25) is 0 Å². The molecule has 1 N–H and O–H groups in total. The highest BCUT2D eigenvalue weighted by Gasteiger charge is 2.46. The molecule has 0 spiro atoms. The van der Waals surface area contributed by atoms with Crippen molar-refractivity contribution in [2.24, 2.45) is 0 Å². The van der Waals surface area contributed by atoms with E-state index in [4.69, 9.17) is 4.74 Å². The number of hydrogen-bond acceptors (Lipinski definition) is 2. The van der Waals surface area contributed by atoms with Crippen molar-refractivity contribution in [3.63, 3.8) is 0 Å². The number of hydrogen-bond donors (Lipinski definition) is 1. The normalized spacial score (nSPS) is 42.7. The minimum absolute atomic E-state index is 0.435. The van der Waals surface area contributed by atoms with E-state index in [1.807, 2.05) is 0 Å². The lowest BCUT2D eigenvalue weighted by atomic mass is 9.86. The lowest BCUT2D eigenvalue weighted by Gasteiger charge is -2.38. The zero-order valence-corrected chi connectivity index (χ0v) is 11.8. The van der Waals surface area contributed by atoms with Gasteiger partial charge in [-0.1, -0.05) is 38.5 Å². The SMILES string of the molecule is C1CCCCC23CCOCCC(CCC1)(CC2)N3. The third kappa shape index (κ3) is 2.75. The summed E-state index contributed by atoms with van der Waals surface area (Å²) in [4.78, 5) is 0. The van der Waals surface area contributed by atoms with Crippen LogP contribution in [0.25, 0.3) is 0 Å². The number of rotatable bonds is 0. The van der Waals surface area contributed by atoms with Gasteiger partial charge in [-0.15, -0.1) is 0 Å². The largest absolute Gasteiger partial charge is 0.381 e. The van der Waals surface area contributed by atoms with Gasteiger partial charge in [0.1, 0.15) is 0 Å². The van der Waals surface area contributed by atoms with Crippen molar-refractivity contribution < 1.29 is 4.74 Å². The molecule has 3 aliphatic rings. The lowest BCUT2D eigenvalue weighted by Crippen LogP contribution is -2.52. The molecule has 2 atom stereocenters. The average Bonchev–Trinajstić information content (AvgIpc) is 2.70. The Labute approximate surface area is 112 Å². The van der Waals surface area contributed by atoms with Crippen molar-refractivity contribution in [3.05, 3.63) is 0 Å². The Morgan fingerprint density at radius 2 is 1.06 bits per heavy atom. The highest BCUT2D eigenvalue weighted by atomic mass is 16.5. The molecule has 104 valence electrons. The van der Waals surface area contributed by atoms with Crippen molar-refractivity contribution in [3.8, 4) is 0 Å². The van der Waals surface area contributed by atoms with E-state index in [0.29, 0.717) is 11.1 Å². The molecular weight excluding hydrogens is 222 g/mol. The maximum Gasteiger partial charge on any atom is 0.0483 e. The molecule has 0 saturated carbocycles. The summed E-state index contributed by atoms with van der Waals surface area (Å²) in [6.07, 6.45) is 16.7. The molecule has 0 aromatic carbocycles. The van der Waals surface area contributed by atoms with Gasteiger partial charge in [-0.05, 0) is 38.5 Å². The Hall–Kier alpha value is -0.0800. The summed E-state index contributed by atoms with van der Waals surface area (Å²) < 4.78 is 5.84. The number of ether oxygens (including phenoxy) is 1. The summed E-state index contributed by atoms with van der Waals surface area (Å²) in [7, 11) is 0. The standard InChI is InChI=1S/C16H29NO/c1-2-4-6-8-16-10-9-15(17-16,7-5-3-1)11-13-18-14-12-16/h17H,1-14H2. The fourth-order valence-corrected chi connectivity index (χ4v) is 4.44. The highest BCUT2D eigenvalue weighted by molar-refractivity contribution is 5.06. The molecule has 0 aromatic heterocycles. The monoisotopic (exact) mass is 251 g/mol. The van der Waals surface area contributed by atoms with E-state index in [9.17, 15) is 0 Å². The zero-order chi connectivity index (χ0) is 12.3. The fourth-order valence-electron chi connectivity index (χ4n) is 4.44. The molecule has 2 unspecified atom stereocenters. The average molecular weight is 251 g/mol. The van der Waals surface area contributed by atoms with Crippen LogP contribution in [0.4, 0.5) is 0 Å². The van der Waals surface area contributed by atoms with E-state index in [2.05, 4.69) is 5.32 Å². The van der Waals surface area contributed by atoms with Crippen LogP contribution >= 0.6 is 0 Å². The summed E-state index contributed by atoms with van der Waals surface area (Å²) in [5.74, 6) is 0. The van der Waals surface area contributed by atoms with Crippen LogP contribution in [0.15, 0.2) is 0 Å². The second kappa shape index (κ2) is 5.50. The Morgan fingerprint density at radius 3 is 1.61 bits per heavy atom. The van der Waals surface area contributed by atoms with Crippen molar-refractivity contribution in [2.45, 2.75) is 88.1 Å². The van der Waals surface area contributed by atoms with E-state index in [0.717, 1.165) is 13.2 Å². The van der Waals surface area contributed by atoms with Gasteiger partial charge >= 0.3 is 0 Å². The van der Waals surface area contributed by atoms with E-state index < -0.39 is 0 Å². The van der Waals surface area contributed by atoms with Gasteiger partial charge < -0.3 is 10.1 Å². The predicted molar refractivity (Wildman–Crippen MR) is 74.8 cm³/mol. The maximum absolute atomic E-state index is 5.84. The number of nitrogens with one attached hydrogen (secondary N) is 1. The van der Waals surface area contributed by atoms with Gasteiger partial charge in [0.15, 0.2) is 0 Å². The van der Waals surface area contributed by atoms with Crippen molar-refractivity contribution in [2.75, 3.05) is 13.2 Å². The molecule has 0 aliphatic carbocycles. The Balaban J connectivity index is 1.77. The Kier molecular flexibility index (Phi) is 3.95. The minimum atomic E-state index is 0.435. The first-order chi connectivity index (χ1) is 8.83. The molecule has 3 saturated heterocycles. The molecular formula is C16H29NO. The third-order valence-corrected chi connectivity index (χ3v) is 5.62. The van der Waals surface area contributed by atoms with E-state index in [1.165, 1.54) is 77.0 Å². The second-order valence-corrected chi connectivity index (χ2v) is 6.92. The van der Waals surface area contributed by atoms with Crippen molar-refractivity contribution in [1.82, 2.24) is 5.32 Å². The molecule has 2 nitrogen and oxygen atoms in total. The summed E-state index contributed by atoms with van der Waals surface area (Å²) in [5.41, 5.74) is 0.871. The summed E-state index contributed by atoms with van der Waals surface area (Å²) in [5, 5.41) is 4.14. The van der Waals surface area contributed by atoms with E-state index in [1.54, 1.807) is 0 Å². The molecule has 2 bridgehead atoms. The van der Waals surface area contributed by atoms with Gasteiger partial charge in [-0.3, -0.25) is 0 Å². The first kappa shape index (κ1) is 12.9. The van der Waals surface area contributed by atoms with Crippen LogP contribution in [0.1, 0.15) is 77.0 Å². The molecule has 3 aliphatic heterocycles. The van der Waals surface area contributed by atoms with Crippen LogP contribution in [-0.4, -0.2) is 24.3 Å². The van der Waals surface area contributed by atoms with Crippen LogP contribution in [0, 0.1) is 0 Å². The van der Waals surface area contributed by atoms with Crippen molar-refractivity contribution >= 4 is 0 Å². The quantitative estimate of drug-likeness (QED) is 0.707. The van der Waals surface area contributed by atoms with Crippen LogP contribution in [0.3, 0.4) is 0 Å². The fraction of sp³-hybridized carbons (Fsp3) is 1.00. The summed E-state index contributed by atoms with van der Waals surface area (Å²) >= 11 is 0. The first-order valence-corrected chi connectivity index (χ1v) is 8.20. The van der Waals surface area contributed by atoms with E-state index in [-0.39, 0.29) is 0 Å². The summed E-state index contributed by atoms with van der Waals surface area (Å²) in [6, 6.07) is 0. The minimum Gasteiger partial charge on any atom is -0.381 e. The van der Waals surface area contributed by atoms with Crippen molar-refractivity contribution in [1.29, 1.82) is 0 Å². The van der Waals surface area contributed by atoms with Crippen LogP contribution < -0.4 is 5.32 Å². The van der Waals surface area contributed by atoms with Gasteiger partial charge in [0.25, 0.3) is 0 Å². The smallest absolute Gasteiger partial charge is 0.0483 e. The second-order valence-electron chi connectivity index (χ2n) is 6.92. The molecule has 3 fully saturated rings. The molecule has 3 rings (SSSR count). The first-order valence-electron chi connectivity index (χ1n) is 8.20. The molecule has 18 heavy (non-hydrogen) atoms. The topological polar surface area (TPSA) is 21.3 Å². The summed E-state index contributed by atoms with van der Waals surface area (Å²) in [6.45, 7) is 1.95. The molecule has 0 amide bonds. The third-order valence-electron chi connectivity index (χ3n) is 5.62.